The summed E-state index contributed by atoms with van der Waals surface area (Å²) in [6, 6.07) is 4.41. The van der Waals surface area contributed by atoms with Gasteiger partial charge < -0.3 is 5.11 Å². The SMILES string of the molecule is OC1(c2cc(Cl)ccc2F)CCCCCC1. The Morgan fingerprint density at radius 2 is 1.75 bits per heavy atom. The van der Waals surface area contributed by atoms with E-state index in [0.29, 0.717) is 23.4 Å². The van der Waals surface area contributed by atoms with E-state index in [2.05, 4.69) is 0 Å². The lowest BCUT2D eigenvalue weighted by molar-refractivity contribution is 0.0173. The molecule has 16 heavy (non-hydrogen) atoms. The highest BCUT2D eigenvalue weighted by Gasteiger charge is 2.32. The van der Waals surface area contributed by atoms with E-state index in [-0.39, 0.29) is 5.82 Å². The standard InChI is InChI=1S/C13H16ClFO/c14-10-5-6-12(15)11(9-10)13(16)7-3-1-2-4-8-13/h5-6,9,16H,1-4,7-8H2. The number of aliphatic hydroxyl groups is 1. The third-order valence-electron chi connectivity index (χ3n) is 3.36. The van der Waals surface area contributed by atoms with Crippen LogP contribution in [-0.2, 0) is 5.60 Å². The smallest absolute Gasteiger partial charge is 0.129 e. The topological polar surface area (TPSA) is 20.2 Å². The molecule has 1 fully saturated rings. The lowest BCUT2D eigenvalue weighted by Crippen LogP contribution is -2.26. The molecule has 0 bridgehead atoms. The fraction of sp³-hybridized carbons (Fsp3) is 0.538. The third kappa shape index (κ3) is 2.38. The van der Waals surface area contributed by atoms with E-state index in [1.54, 1.807) is 6.07 Å². The molecule has 0 atom stereocenters. The molecule has 1 aromatic carbocycles. The predicted octanol–water partition coefficient (Wildman–Crippen LogP) is 4.02. The van der Waals surface area contributed by atoms with Crippen molar-refractivity contribution < 1.29 is 9.50 Å². The number of benzene rings is 1. The second-order valence-corrected chi connectivity index (χ2v) is 5.01. The van der Waals surface area contributed by atoms with E-state index in [4.69, 9.17) is 11.6 Å². The summed E-state index contributed by atoms with van der Waals surface area (Å²) in [5, 5.41) is 11.0. The van der Waals surface area contributed by atoms with Gasteiger partial charge in [-0.2, -0.15) is 0 Å². The molecule has 1 saturated carbocycles. The minimum absolute atomic E-state index is 0.353. The summed E-state index contributed by atoms with van der Waals surface area (Å²) in [7, 11) is 0. The highest BCUT2D eigenvalue weighted by Crippen LogP contribution is 2.37. The average Bonchev–Trinajstić information content (AvgIpc) is 2.48. The average molecular weight is 243 g/mol. The van der Waals surface area contributed by atoms with E-state index < -0.39 is 5.60 Å². The first-order chi connectivity index (χ1) is 7.62. The van der Waals surface area contributed by atoms with Gasteiger partial charge in [-0.25, -0.2) is 4.39 Å². The zero-order valence-corrected chi connectivity index (χ0v) is 9.93. The van der Waals surface area contributed by atoms with Crippen molar-refractivity contribution in [3.63, 3.8) is 0 Å². The molecule has 0 heterocycles. The molecular weight excluding hydrogens is 227 g/mol. The minimum Gasteiger partial charge on any atom is -0.385 e. The first kappa shape index (κ1) is 11.9. The summed E-state index contributed by atoms with van der Waals surface area (Å²) in [4.78, 5) is 0. The Bertz CT molecular complexity index is 370. The molecule has 1 aliphatic carbocycles. The van der Waals surface area contributed by atoms with E-state index >= 15 is 0 Å². The molecule has 0 spiro atoms. The monoisotopic (exact) mass is 242 g/mol. The van der Waals surface area contributed by atoms with E-state index in [1.165, 1.54) is 12.1 Å². The maximum Gasteiger partial charge on any atom is 0.129 e. The van der Waals surface area contributed by atoms with Crippen molar-refractivity contribution in [1.29, 1.82) is 0 Å². The molecule has 1 aromatic rings. The molecule has 0 radical (unpaired) electrons. The molecule has 88 valence electrons. The molecule has 1 N–H and O–H groups in total. The lowest BCUT2D eigenvalue weighted by Gasteiger charge is -2.27. The van der Waals surface area contributed by atoms with Gasteiger partial charge in [-0.3, -0.25) is 0 Å². The Labute approximate surface area is 100 Å². The summed E-state index contributed by atoms with van der Waals surface area (Å²) < 4.78 is 13.7. The Morgan fingerprint density at radius 1 is 1.12 bits per heavy atom. The highest BCUT2D eigenvalue weighted by atomic mass is 35.5. The molecule has 0 saturated heterocycles. The van der Waals surface area contributed by atoms with Crippen molar-refractivity contribution in [2.75, 3.05) is 0 Å². The van der Waals surface area contributed by atoms with Gasteiger partial charge in [0.2, 0.25) is 0 Å². The molecular formula is C13H16ClFO. The highest BCUT2D eigenvalue weighted by molar-refractivity contribution is 6.30. The maximum atomic E-state index is 13.7. The van der Waals surface area contributed by atoms with Crippen LogP contribution in [0.15, 0.2) is 18.2 Å². The van der Waals surface area contributed by atoms with Crippen molar-refractivity contribution >= 4 is 11.6 Å². The van der Waals surface area contributed by atoms with Crippen LogP contribution in [-0.4, -0.2) is 5.11 Å². The van der Waals surface area contributed by atoms with Crippen LogP contribution >= 0.6 is 11.6 Å². The van der Waals surface area contributed by atoms with Gasteiger partial charge in [0, 0.05) is 10.6 Å². The number of hydrogen-bond acceptors (Lipinski definition) is 1. The third-order valence-corrected chi connectivity index (χ3v) is 3.60. The van der Waals surface area contributed by atoms with Gasteiger partial charge in [0.05, 0.1) is 5.60 Å². The van der Waals surface area contributed by atoms with Gasteiger partial charge in [0.15, 0.2) is 0 Å². The zero-order valence-electron chi connectivity index (χ0n) is 9.18. The Hall–Kier alpha value is -0.600. The fourth-order valence-electron chi connectivity index (χ4n) is 2.44. The largest absolute Gasteiger partial charge is 0.385 e. The normalized spacial score (nSPS) is 20.4. The van der Waals surface area contributed by atoms with Crippen LogP contribution in [0.4, 0.5) is 4.39 Å². The predicted molar refractivity (Wildman–Crippen MR) is 63.0 cm³/mol. The molecule has 0 aliphatic heterocycles. The molecule has 0 unspecified atom stereocenters. The second kappa shape index (κ2) is 4.72. The summed E-state index contributed by atoms with van der Waals surface area (Å²) in [5.74, 6) is -0.353. The number of rotatable bonds is 1. The Kier molecular flexibility index (Phi) is 3.50. The maximum absolute atomic E-state index is 13.7. The Morgan fingerprint density at radius 3 is 2.38 bits per heavy atom. The van der Waals surface area contributed by atoms with Crippen molar-refractivity contribution in [3.05, 3.63) is 34.6 Å². The van der Waals surface area contributed by atoms with Crippen LogP contribution in [0.25, 0.3) is 0 Å². The second-order valence-electron chi connectivity index (χ2n) is 4.57. The van der Waals surface area contributed by atoms with Crippen LogP contribution in [0.5, 0.6) is 0 Å². The first-order valence-corrected chi connectivity index (χ1v) is 6.17. The zero-order chi connectivity index (χ0) is 11.6. The van der Waals surface area contributed by atoms with Crippen LogP contribution in [0.2, 0.25) is 5.02 Å². The van der Waals surface area contributed by atoms with Crippen molar-refractivity contribution in [1.82, 2.24) is 0 Å². The van der Waals surface area contributed by atoms with Gasteiger partial charge in [0.25, 0.3) is 0 Å². The Balaban J connectivity index is 2.36. The van der Waals surface area contributed by atoms with Gasteiger partial charge in [-0.15, -0.1) is 0 Å². The summed E-state index contributed by atoms with van der Waals surface area (Å²) >= 11 is 5.86. The minimum atomic E-state index is -1.02. The molecule has 3 heteroatoms. The molecule has 0 aromatic heterocycles. The van der Waals surface area contributed by atoms with Gasteiger partial charge >= 0.3 is 0 Å². The van der Waals surface area contributed by atoms with Crippen molar-refractivity contribution in [2.45, 2.75) is 44.1 Å². The molecule has 2 rings (SSSR count). The van der Waals surface area contributed by atoms with Crippen LogP contribution in [0.1, 0.15) is 44.1 Å². The quantitative estimate of drug-likeness (QED) is 0.738. The van der Waals surface area contributed by atoms with Crippen LogP contribution in [0.3, 0.4) is 0 Å². The van der Waals surface area contributed by atoms with Crippen molar-refractivity contribution in [3.8, 4) is 0 Å². The van der Waals surface area contributed by atoms with Crippen molar-refractivity contribution in [2.24, 2.45) is 0 Å². The van der Waals surface area contributed by atoms with E-state index in [9.17, 15) is 9.50 Å². The van der Waals surface area contributed by atoms with Gasteiger partial charge in [-0.05, 0) is 31.0 Å². The van der Waals surface area contributed by atoms with Crippen LogP contribution < -0.4 is 0 Å². The lowest BCUT2D eigenvalue weighted by atomic mass is 9.86. The van der Waals surface area contributed by atoms with E-state index in [1.807, 2.05) is 0 Å². The number of halogens is 2. The fourth-order valence-corrected chi connectivity index (χ4v) is 2.61. The first-order valence-electron chi connectivity index (χ1n) is 5.80. The van der Waals surface area contributed by atoms with Gasteiger partial charge in [-0.1, -0.05) is 37.3 Å². The number of hydrogen-bond donors (Lipinski definition) is 1. The van der Waals surface area contributed by atoms with Crippen LogP contribution in [0, 0.1) is 5.82 Å². The summed E-state index contributed by atoms with van der Waals surface area (Å²) in [6.07, 6.45) is 5.38. The molecule has 1 nitrogen and oxygen atoms in total. The molecule has 0 amide bonds. The molecule has 1 aliphatic rings. The summed E-state index contributed by atoms with van der Waals surface area (Å²) in [6.45, 7) is 0. The van der Waals surface area contributed by atoms with E-state index in [0.717, 1.165) is 25.7 Å². The van der Waals surface area contributed by atoms with Gasteiger partial charge in [0.1, 0.15) is 5.82 Å². The summed E-state index contributed by atoms with van der Waals surface area (Å²) in [5.41, 5.74) is -0.659.